The molecule has 2 aromatic rings. The van der Waals surface area contributed by atoms with Crippen molar-refractivity contribution in [3.63, 3.8) is 0 Å². The Morgan fingerprint density at radius 3 is 3.00 bits per heavy atom. The number of hydrogen-bond donors (Lipinski definition) is 2. The molecule has 1 saturated carbocycles. The average Bonchev–Trinajstić information content (AvgIpc) is 3.20. The van der Waals surface area contributed by atoms with Crippen molar-refractivity contribution in [1.29, 1.82) is 0 Å². The molecule has 1 aliphatic carbocycles. The molecule has 0 spiro atoms. The molecule has 0 aromatic carbocycles. The van der Waals surface area contributed by atoms with Crippen LogP contribution in [0.15, 0.2) is 41.1 Å². The number of nitrogens with two attached hydrogens (primary N) is 1. The topological polar surface area (TPSA) is 74.7 Å². The molecule has 20 heavy (non-hydrogen) atoms. The van der Waals surface area contributed by atoms with E-state index in [0.29, 0.717) is 6.04 Å². The highest BCUT2D eigenvalue weighted by molar-refractivity contribution is 7.09. The van der Waals surface area contributed by atoms with Crippen molar-refractivity contribution in [2.24, 2.45) is 10.9 Å². The van der Waals surface area contributed by atoms with Crippen molar-refractivity contribution in [2.45, 2.75) is 25.4 Å². The van der Waals surface area contributed by atoms with E-state index in [0.717, 1.165) is 17.8 Å². The largest absolute Gasteiger partial charge is 0.409 e. The molecule has 104 valence electrons. The van der Waals surface area contributed by atoms with Crippen LogP contribution in [-0.4, -0.2) is 22.1 Å². The standard InChI is InChI=1S/C14H16N4OS/c15-14(17-19)12-5-6-16-8-13(12)18(10-3-4-10)9-11-2-1-7-20-11/h1-2,5-8,10,19H,3-4,9H2,(H2,15,17). The van der Waals surface area contributed by atoms with Gasteiger partial charge in [0.15, 0.2) is 5.84 Å². The maximum Gasteiger partial charge on any atom is 0.172 e. The fraction of sp³-hybridized carbons (Fsp3) is 0.286. The number of amidine groups is 1. The van der Waals surface area contributed by atoms with E-state index in [1.165, 1.54) is 17.7 Å². The van der Waals surface area contributed by atoms with E-state index in [2.05, 4.69) is 32.6 Å². The number of anilines is 1. The van der Waals surface area contributed by atoms with E-state index in [4.69, 9.17) is 10.9 Å². The van der Waals surface area contributed by atoms with Crippen molar-refractivity contribution >= 4 is 22.9 Å². The number of pyridine rings is 1. The average molecular weight is 288 g/mol. The van der Waals surface area contributed by atoms with Gasteiger partial charge in [-0.1, -0.05) is 11.2 Å². The van der Waals surface area contributed by atoms with Gasteiger partial charge in [0.2, 0.25) is 0 Å². The SMILES string of the molecule is N/C(=N/O)c1ccncc1N(Cc1cccs1)C1CC1. The third kappa shape index (κ3) is 2.60. The predicted octanol–water partition coefficient (Wildman–Crippen LogP) is 2.41. The number of rotatable bonds is 5. The molecule has 0 unspecified atom stereocenters. The van der Waals surface area contributed by atoms with Gasteiger partial charge < -0.3 is 15.8 Å². The van der Waals surface area contributed by atoms with Crippen LogP contribution < -0.4 is 10.6 Å². The minimum Gasteiger partial charge on any atom is -0.409 e. The molecule has 1 fully saturated rings. The van der Waals surface area contributed by atoms with Crippen LogP contribution >= 0.6 is 11.3 Å². The van der Waals surface area contributed by atoms with Crippen LogP contribution in [0.5, 0.6) is 0 Å². The van der Waals surface area contributed by atoms with Crippen molar-refractivity contribution in [1.82, 2.24) is 4.98 Å². The van der Waals surface area contributed by atoms with Gasteiger partial charge in [-0.25, -0.2) is 0 Å². The molecule has 0 amide bonds. The molecule has 0 bridgehead atoms. The van der Waals surface area contributed by atoms with Gasteiger partial charge >= 0.3 is 0 Å². The number of oxime groups is 1. The highest BCUT2D eigenvalue weighted by atomic mass is 32.1. The Labute approximate surface area is 121 Å². The quantitative estimate of drug-likeness (QED) is 0.383. The Morgan fingerprint density at radius 1 is 1.50 bits per heavy atom. The second-order valence-corrected chi connectivity index (χ2v) is 5.85. The Hall–Kier alpha value is -2.08. The highest BCUT2D eigenvalue weighted by Gasteiger charge is 2.31. The predicted molar refractivity (Wildman–Crippen MR) is 80.3 cm³/mol. The molecule has 2 aromatic heterocycles. The molecule has 3 rings (SSSR count). The van der Waals surface area contributed by atoms with Gasteiger partial charge in [0.25, 0.3) is 0 Å². The first kappa shape index (κ1) is 12.9. The Bertz CT molecular complexity index is 607. The first-order chi connectivity index (χ1) is 9.79. The van der Waals surface area contributed by atoms with Gasteiger partial charge in [-0.15, -0.1) is 11.3 Å². The molecule has 1 aliphatic rings. The summed E-state index contributed by atoms with van der Waals surface area (Å²) in [5.74, 6) is 0.124. The Balaban J connectivity index is 1.95. The third-order valence-corrected chi connectivity index (χ3v) is 4.25. The van der Waals surface area contributed by atoms with E-state index in [1.807, 2.05) is 0 Å². The lowest BCUT2D eigenvalue weighted by atomic mass is 10.2. The van der Waals surface area contributed by atoms with Gasteiger partial charge in [0.05, 0.1) is 18.4 Å². The number of aromatic nitrogens is 1. The van der Waals surface area contributed by atoms with Crippen LogP contribution in [0.2, 0.25) is 0 Å². The summed E-state index contributed by atoms with van der Waals surface area (Å²) < 4.78 is 0. The normalized spacial score (nSPS) is 15.3. The summed E-state index contributed by atoms with van der Waals surface area (Å²) in [5, 5.41) is 14.1. The lowest BCUT2D eigenvalue weighted by Crippen LogP contribution is -2.28. The van der Waals surface area contributed by atoms with Gasteiger partial charge in [-0.2, -0.15) is 0 Å². The van der Waals surface area contributed by atoms with Gasteiger partial charge in [0, 0.05) is 22.7 Å². The van der Waals surface area contributed by atoms with Crippen LogP contribution in [0.1, 0.15) is 23.3 Å². The van der Waals surface area contributed by atoms with Gasteiger partial charge in [0.1, 0.15) is 0 Å². The summed E-state index contributed by atoms with van der Waals surface area (Å²) in [7, 11) is 0. The Morgan fingerprint density at radius 2 is 2.35 bits per heavy atom. The van der Waals surface area contributed by atoms with Crippen LogP contribution in [0.3, 0.4) is 0 Å². The Kier molecular flexibility index (Phi) is 3.56. The lowest BCUT2D eigenvalue weighted by molar-refractivity contribution is 0.318. The summed E-state index contributed by atoms with van der Waals surface area (Å²) in [6.45, 7) is 0.833. The highest BCUT2D eigenvalue weighted by Crippen LogP contribution is 2.35. The van der Waals surface area contributed by atoms with Gasteiger partial charge in [-0.05, 0) is 30.4 Å². The van der Waals surface area contributed by atoms with E-state index in [-0.39, 0.29) is 5.84 Å². The molecule has 5 nitrogen and oxygen atoms in total. The number of nitrogens with zero attached hydrogens (tertiary/aromatic N) is 3. The maximum absolute atomic E-state index is 8.93. The zero-order valence-electron chi connectivity index (χ0n) is 10.9. The number of hydrogen-bond acceptors (Lipinski definition) is 5. The summed E-state index contributed by atoms with van der Waals surface area (Å²) in [6.07, 6.45) is 5.80. The molecular weight excluding hydrogens is 272 g/mol. The van der Waals surface area contributed by atoms with Crippen LogP contribution in [-0.2, 0) is 6.54 Å². The minimum absolute atomic E-state index is 0.124. The first-order valence-corrected chi connectivity index (χ1v) is 7.38. The summed E-state index contributed by atoms with van der Waals surface area (Å²) in [4.78, 5) is 7.79. The minimum atomic E-state index is 0.124. The van der Waals surface area contributed by atoms with E-state index in [1.54, 1.807) is 29.8 Å². The van der Waals surface area contributed by atoms with E-state index in [9.17, 15) is 0 Å². The maximum atomic E-state index is 8.93. The summed E-state index contributed by atoms with van der Waals surface area (Å²) in [5.41, 5.74) is 7.43. The van der Waals surface area contributed by atoms with E-state index < -0.39 is 0 Å². The fourth-order valence-corrected chi connectivity index (χ4v) is 2.96. The number of thiophene rings is 1. The molecule has 0 radical (unpaired) electrons. The molecule has 3 N–H and O–H groups in total. The molecule has 2 heterocycles. The first-order valence-electron chi connectivity index (χ1n) is 6.50. The van der Waals surface area contributed by atoms with Crippen molar-refractivity contribution in [3.05, 3.63) is 46.4 Å². The second kappa shape index (κ2) is 5.50. The zero-order chi connectivity index (χ0) is 13.9. The molecule has 6 heteroatoms. The van der Waals surface area contributed by atoms with Crippen LogP contribution in [0.25, 0.3) is 0 Å². The molecule has 0 aliphatic heterocycles. The van der Waals surface area contributed by atoms with Crippen molar-refractivity contribution in [3.8, 4) is 0 Å². The molecule has 0 saturated heterocycles. The van der Waals surface area contributed by atoms with Crippen LogP contribution in [0, 0.1) is 0 Å². The molecular formula is C14H16N4OS. The third-order valence-electron chi connectivity index (χ3n) is 3.39. The smallest absolute Gasteiger partial charge is 0.172 e. The van der Waals surface area contributed by atoms with E-state index >= 15 is 0 Å². The second-order valence-electron chi connectivity index (χ2n) is 4.82. The zero-order valence-corrected chi connectivity index (χ0v) is 11.8. The van der Waals surface area contributed by atoms with Crippen LogP contribution in [0.4, 0.5) is 5.69 Å². The summed E-state index contributed by atoms with van der Waals surface area (Å²) >= 11 is 1.74. The molecule has 0 atom stereocenters. The fourth-order valence-electron chi connectivity index (χ4n) is 2.25. The van der Waals surface area contributed by atoms with Gasteiger partial charge in [-0.3, -0.25) is 4.98 Å². The van der Waals surface area contributed by atoms with Crippen molar-refractivity contribution < 1.29 is 5.21 Å². The van der Waals surface area contributed by atoms with Crippen molar-refractivity contribution in [2.75, 3.05) is 4.90 Å². The summed E-state index contributed by atoms with van der Waals surface area (Å²) in [6, 6.07) is 6.48. The lowest BCUT2D eigenvalue weighted by Gasteiger charge is -2.25. The monoisotopic (exact) mass is 288 g/mol.